The van der Waals surface area contributed by atoms with E-state index in [9.17, 15) is 11.0 Å². The number of benzene rings is 2. The first-order valence-electron chi connectivity index (χ1n) is 13.5. The van der Waals surface area contributed by atoms with Gasteiger partial charge in [-0.3, -0.25) is 9.99 Å². The van der Waals surface area contributed by atoms with Gasteiger partial charge in [-0.2, -0.15) is 5.26 Å². The van der Waals surface area contributed by atoms with Crippen LogP contribution in [0.15, 0.2) is 54.5 Å². The quantitative estimate of drug-likeness (QED) is 0.313. The molecule has 2 aliphatic heterocycles. The van der Waals surface area contributed by atoms with Crippen molar-refractivity contribution in [2.75, 3.05) is 23.8 Å². The Hall–Kier alpha value is -3.58. The number of pyridine rings is 1. The molecule has 6 rings (SSSR count). The van der Waals surface area contributed by atoms with Gasteiger partial charge < -0.3 is 16.2 Å². The summed E-state index contributed by atoms with van der Waals surface area (Å²) in [6.45, 7) is 1.76. The molecule has 3 heterocycles. The number of nitrogens with one attached hydrogen (secondary N) is 4. The molecule has 1 aliphatic carbocycles. The lowest BCUT2D eigenvalue weighted by atomic mass is 10.0. The molecule has 1 aromatic heterocycles. The van der Waals surface area contributed by atoms with Crippen LogP contribution < -0.4 is 21.7 Å². The number of aromatic nitrogens is 1. The second-order valence-electron chi connectivity index (χ2n) is 9.95. The highest BCUT2D eigenvalue weighted by Crippen LogP contribution is 2.37. The van der Waals surface area contributed by atoms with Crippen molar-refractivity contribution < 1.29 is 5.76 Å². The average Bonchev–Trinajstić information content (AvgIpc) is 3.71. The molecular weight excluding hydrogens is 503 g/mol. The maximum atomic E-state index is 13.8. The number of anilines is 2. The summed E-state index contributed by atoms with van der Waals surface area (Å²) in [5, 5.41) is 18.4. The summed E-state index contributed by atoms with van der Waals surface area (Å²) in [7, 11) is 0. The number of hydrazine groups is 3. The molecule has 0 bridgehead atoms. The molecule has 0 spiro atoms. The summed E-state index contributed by atoms with van der Waals surface area (Å²) in [5.74, 6) is -0.375. The molecule has 8 nitrogen and oxygen atoms in total. The molecule has 1 atom stereocenters. The van der Waals surface area contributed by atoms with Crippen LogP contribution in [0.2, 0.25) is 5.02 Å². The van der Waals surface area contributed by atoms with Crippen molar-refractivity contribution in [2.45, 2.75) is 50.6 Å². The van der Waals surface area contributed by atoms with E-state index < -0.39 is 6.02 Å². The lowest BCUT2D eigenvalue weighted by Gasteiger charge is -2.25. The number of fused-ring (bicyclic) bond motifs is 1. The maximum Gasteiger partial charge on any atom is 0.123 e. The number of rotatable bonds is 7. The van der Waals surface area contributed by atoms with Crippen LogP contribution in [0.5, 0.6) is 0 Å². The van der Waals surface area contributed by atoms with Crippen LogP contribution >= 0.6 is 11.6 Å². The lowest BCUT2D eigenvalue weighted by Crippen LogP contribution is -2.38. The van der Waals surface area contributed by atoms with Gasteiger partial charge in [0.2, 0.25) is 0 Å². The van der Waals surface area contributed by atoms with E-state index in [0.29, 0.717) is 50.2 Å². The fourth-order valence-corrected chi connectivity index (χ4v) is 5.21. The van der Waals surface area contributed by atoms with Crippen LogP contribution in [0.25, 0.3) is 10.9 Å². The van der Waals surface area contributed by atoms with E-state index in [1.165, 1.54) is 25.0 Å². The Morgan fingerprint density at radius 1 is 1.16 bits per heavy atom. The fraction of sp³-hybridized carbons (Fsp3) is 0.357. The molecule has 3 aromatic rings. The predicted octanol–water partition coefficient (Wildman–Crippen LogP) is 5.58. The molecule has 38 heavy (non-hydrogen) atoms. The van der Waals surface area contributed by atoms with Gasteiger partial charge in [0.05, 0.1) is 34.9 Å². The van der Waals surface area contributed by atoms with E-state index in [1.807, 2.05) is 17.3 Å². The van der Waals surface area contributed by atoms with E-state index in [2.05, 4.69) is 37.8 Å². The van der Waals surface area contributed by atoms with Crippen molar-refractivity contribution in [1.29, 1.82) is 5.26 Å². The first-order valence-corrected chi connectivity index (χ1v) is 13.4. The van der Waals surface area contributed by atoms with Gasteiger partial charge in [-0.05, 0) is 55.5 Å². The van der Waals surface area contributed by atoms with E-state index in [0.717, 1.165) is 38.8 Å². The van der Waals surface area contributed by atoms with Gasteiger partial charge in [0.15, 0.2) is 0 Å². The number of hydrogen-bond donors (Lipinski definition) is 4. The smallest absolute Gasteiger partial charge is 0.123 e. The Labute approximate surface area is 227 Å². The largest absolute Gasteiger partial charge is 0.373 e. The Bertz CT molecular complexity index is 1450. The van der Waals surface area contributed by atoms with Gasteiger partial charge in [-0.1, -0.05) is 36.6 Å². The lowest BCUT2D eigenvalue weighted by molar-refractivity contribution is 0.260. The second-order valence-corrected chi connectivity index (χ2v) is 10.4. The van der Waals surface area contributed by atoms with Gasteiger partial charge in [0.1, 0.15) is 11.9 Å². The number of nitriles is 1. The molecule has 1 saturated heterocycles. The van der Waals surface area contributed by atoms with Gasteiger partial charge in [0, 0.05) is 42.6 Å². The normalized spacial score (nSPS) is 20.1. The summed E-state index contributed by atoms with van der Waals surface area (Å²) in [5.41, 5.74) is 13.0. The first-order chi connectivity index (χ1) is 18.9. The van der Waals surface area contributed by atoms with E-state index in [4.69, 9.17) is 11.6 Å². The Kier molecular flexibility index (Phi) is 6.60. The van der Waals surface area contributed by atoms with Crippen LogP contribution in [0, 0.1) is 17.1 Å². The van der Waals surface area contributed by atoms with Crippen molar-refractivity contribution in [3.8, 4) is 6.07 Å². The van der Waals surface area contributed by atoms with Crippen molar-refractivity contribution in [1.82, 2.24) is 26.0 Å². The molecule has 10 heteroatoms. The Balaban J connectivity index is 1.42. The third-order valence-electron chi connectivity index (χ3n) is 7.12. The third-order valence-corrected chi connectivity index (χ3v) is 7.41. The molecule has 4 N–H and O–H groups in total. The second kappa shape index (κ2) is 10.7. The molecule has 2 aromatic carbocycles. The molecule has 2 fully saturated rings. The van der Waals surface area contributed by atoms with E-state index in [-0.39, 0.29) is 5.82 Å². The fourth-order valence-electron chi connectivity index (χ4n) is 4.94. The summed E-state index contributed by atoms with van der Waals surface area (Å²) in [4.78, 5) is 4.47. The Morgan fingerprint density at radius 3 is 2.63 bits per heavy atom. The Morgan fingerprint density at radius 2 is 1.92 bits per heavy atom. The van der Waals surface area contributed by atoms with E-state index in [1.54, 1.807) is 24.4 Å². The number of nitrogens with zero attached hydrogens (tertiary/aromatic N) is 4. The van der Waals surface area contributed by atoms with Crippen LogP contribution in [0.1, 0.15) is 57.0 Å². The summed E-state index contributed by atoms with van der Waals surface area (Å²) < 4.78 is 23.4. The van der Waals surface area contributed by atoms with E-state index >= 15 is 0 Å². The van der Waals surface area contributed by atoms with Gasteiger partial charge >= 0.3 is 0 Å². The van der Waals surface area contributed by atoms with Crippen LogP contribution in [-0.2, 0) is 0 Å². The minimum absolute atomic E-state index is 0.375. The van der Waals surface area contributed by atoms with Gasteiger partial charge in [-0.25, -0.2) is 9.40 Å². The molecule has 0 amide bonds. The number of halogens is 2. The molecule has 196 valence electrons. The van der Waals surface area contributed by atoms with Gasteiger partial charge in [-0.15, -0.1) is 5.53 Å². The highest BCUT2D eigenvalue weighted by Gasteiger charge is 2.32. The summed E-state index contributed by atoms with van der Waals surface area (Å²) in [6.07, 6.45) is 10.1. The highest BCUT2D eigenvalue weighted by molar-refractivity contribution is 6.35. The first kappa shape index (κ1) is 23.5. The molecule has 1 unspecified atom stereocenters. The molecule has 3 aliphatic rings. The van der Waals surface area contributed by atoms with Crippen LogP contribution in [0.3, 0.4) is 0 Å². The number of hydrogen-bond acceptors (Lipinski definition) is 8. The molecule has 0 radical (unpaired) electrons. The standard InChI is InChI=1S/C28H30ClFN8/c29-24-14-21(13-23-26(19(15-31)16-32-28(23)24)35-37-11-3-1-2-4-12-37)33-27(18-5-7-20(30)8-6-18)25-17-38(36-34-25)22-9-10-22/h5-8,13-14,16-17,22,27,33-34,36H,1-4,9-12H2,(H,32,35)/i27D. The van der Waals surface area contributed by atoms with Crippen LogP contribution in [-0.4, -0.2) is 34.1 Å². The monoisotopic (exact) mass is 533 g/mol. The minimum atomic E-state index is -1.50. The van der Waals surface area contributed by atoms with Gasteiger partial charge in [0.25, 0.3) is 0 Å². The van der Waals surface area contributed by atoms with Crippen molar-refractivity contribution in [2.24, 2.45) is 0 Å². The summed E-state index contributed by atoms with van der Waals surface area (Å²) >= 11 is 6.74. The summed E-state index contributed by atoms with van der Waals surface area (Å²) in [6, 6.07) is 10.6. The van der Waals surface area contributed by atoms with Crippen molar-refractivity contribution in [3.05, 3.63) is 76.5 Å². The predicted molar refractivity (Wildman–Crippen MR) is 147 cm³/mol. The third kappa shape index (κ3) is 5.20. The topological polar surface area (TPSA) is 91.3 Å². The SMILES string of the molecule is [2H]C(Nc1cc(Cl)c2ncc(C#N)c(NN3CCCCCC3)c2c1)(C1=CN(C2CC2)NN1)c1ccc(F)cc1. The average molecular weight is 534 g/mol. The minimum Gasteiger partial charge on any atom is -0.373 e. The maximum absolute atomic E-state index is 13.8. The highest BCUT2D eigenvalue weighted by atomic mass is 35.5. The molecule has 1 saturated carbocycles. The zero-order valence-electron chi connectivity index (χ0n) is 21.9. The van der Waals surface area contributed by atoms with Crippen LogP contribution in [0.4, 0.5) is 15.8 Å². The zero-order valence-corrected chi connectivity index (χ0v) is 21.7. The molecular formula is C28H30ClFN8. The zero-order chi connectivity index (χ0) is 27.0. The van der Waals surface area contributed by atoms with Crippen molar-refractivity contribution >= 4 is 33.9 Å². The van der Waals surface area contributed by atoms with Crippen molar-refractivity contribution in [3.63, 3.8) is 0 Å².